The van der Waals surface area contributed by atoms with Crippen LogP contribution >= 0.6 is 11.3 Å². The van der Waals surface area contributed by atoms with Crippen LogP contribution < -0.4 is 0 Å². The molecule has 0 atom stereocenters. The molecule has 0 bridgehead atoms. The molecule has 142 valence electrons. The molecule has 1 saturated heterocycles. The maximum absolute atomic E-state index is 15.6. The average molecular weight is 388 g/mol. The van der Waals surface area contributed by atoms with E-state index in [1.54, 1.807) is 12.1 Å². The maximum atomic E-state index is 15.6. The van der Waals surface area contributed by atoms with Crippen LogP contribution in [-0.4, -0.2) is 29.4 Å². The standard InChI is InChI=1S/C20H22BFO4S/c1-19(2)20(3,4)26-21(25-19)18(22)17(13-8-6-5-7-9-13)15-11-10-14(27-15)12-16(23)24/h5-11H,12H2,1-4H3,(H,23,24). The zero-order valence-electron chi connectivity index (χ0n) is 15.8. The summed E-state index contributed by atoms with van der Waals surface area (Å²) in [4.78, 5) is 12.3. The van der Waals surface area contributed by atoms with E-state index in [1.165, 1.54) is 11.3 Å². The van der Waals surface area contributed by atoms with Crippen molar-refractivity contribution in [3.63, 3.8) is 0 Å². The first-order valence-corrected chi connectivity index (χ1v) is 9.54. The van der Waals surface area contributed by atoms with Crippen LogP contribution in [0.3, 0.4) is 0 Å². The Balaban J connectivity index is 2.06. The van der Waals surface area contributed by atoms with Crippen molar-refractivity contribution in [3.8, 4) is 0 Å². The minimum atomic E-state index is -1.12. The Labute approximate surface area is 162 Å². The van der Waals surface area contributed by atoms with Crippen molar-refractivity contribution in [1.29, 1.82) is 0 Å². The lowest BCUT2D eigenvalue weighted by atomic mass is 9.82. The first kappa shape index (κ1) is 19.8. The molecule has 2 aromatic rings. The number of carbonyl (C=O) groups is 1. The van der Waals surface area contributed by atoms with Crippen LogP contribution in [0, 0.1) is 0 Å². The maximum Gasteiger partial charge on any atom is 0.525 e. The van der Waals surface area contributed by atoms with E-state index in [4.69, 9.17) is 14.4 Å². The molecule has 3 rings (SSSR count). The molecule has 0 unspecified atom stereocenters. The largest absolute Gasteiger partial charge is 0.525 e. The van der Waals surface area contributed by atoms with Gasteiger partial charge in [0.15, 0.2) is 0 Å². The van der Waals surface area contributed by atoms with Crippen molar-refractivity contribution in [2.75, 3.05) is 0 Å². The molecule has 0 aliphatic carbocycles. The quantitative estimate of drug-likeness (QED) is 0.752. The molecule has 0 amide bonds. The van der Waals surface area contributed by atoms with E-state index in [1.807, 2.05) is 58.0 Å². The second kappa shape index (κ2) is 7.22. The summed E-state index contributed by atoms with van der Waals surface area (Å²) < 4.78 is 27.4. The van der Waals surface area contributed by atoms with Crippen LogP contribution in [0.25, 0.3) is 5.57 Å². The predicted octanol–water partition coefficient (Wildman–Crippen LogP) is 4.74. The fraction of sp³-hybridized carbons (Fsp3) is 0.350. The van der Waals surface area contributed by atoms with Crippen molar-refractivity contribution in [2.45, 2.75) is 45.3 Å². The van der Waals surface area contributed by atoms with Gasteiger partial charge in [0, 0.05) is 15.3 Å². The van der Waals surface area contributed by atoms with Crippen LogP contribution in [0.5, 0.6) is 0 Å². The highest BCUT2D eigenvalue weighted by atomic mass is 32.1. The van der Waals surface area contributed by atoms with Crippen molar-refractivity contribution in [2.24, 2.45) is 0 Å². The van der Waals surface area contributed by atoms with Gasteiger partial charge in [-0.1, -0.05) is 30.3 Å². The van der Waals surface area contributed by atoms with Crippen LogP contribution in [0.2, 0.25) is 0 Å². The zero-order chi connectivity index (χ0) is 19.8. The van der Waals surface area contributed by atoms with Crippen LogP contribution in [0.1, 0.15) is 43.0 Å². The fourth-order valence-corrected chi connectivity index (χ4v) is 3.89. The third kappa shape index (κ3) is 4.00. The summed E-state index contributed by atoms with van der Waals surface area (Å²) in [6.45, 7) is 7.49. The Bertz CT molecular complexity index is 857. The molecule has 0 saturated carbocycles. The van der Waals surface area contributed by atoms with Gasteiger partial charge >= 0.3 is 13.1 Å². The van der Waals surface area contributed by atoms with Gasteiger partial charge in [0.2, 0.25) is 0 Å². The number of halogens is 1. The lowest BCUT2D eigenvalue weighted by Crippen LogP contribution is -2.41. The number of thiophene rings is 1. The molecule has 1 aromatic heterocycles. The molecule has 2 heterocycles. The first-order valence-electron chi connectivity index (χ1n) is 8.72. The number of aliphatic carboxylic acids is 1. The van der Waals surface area contributed by atoms with Gasteiger partial charge in [0.1, 0.15) is 5.73 Å². The third-order valence-electron chi connectivity index (χ3n) is 4.99. The Kier molecular flexibility index (Phi) is 5.30. The average Bonchev–Trinajstić information content (AvgIpc) is 3.10. The number of hydrogen-bond acceptors (Lipinski definition) is 4. The second-order valence-electron chi connectivity index (χ2n) is 7.51. The minimum Gasteiger partial charge on any atom is -0.481 e. The normalized spacial score (nSPS) is 19.1. The lowest BCUT2D eigenvalue weighted by Gasteiger charge is -2.32. The molecule has 1 aromatic carbocycles. The summed E-state index contributed by atoms with van der Waals surface area (Å²) in [6, 6.07) is 12.6. The number of carboxylic acid groups (broad SMARTS) is 1. The van der Waals surface area contributed by atoms with E-state index in [0.717, 1.165) is 0 Å². The van der Waals surface area contributed by atoms with E-state index in [2.05, 4.69) is 0 Å². The lowest BCUT2D eigenvalue weighted by molar-refractivity contribution is -0.136. The molecular formula is C20H22BFO4S. The molecule has 1 aliphatic rings. The summed E-state index contributed by atoms with van der Waals surface area (Å²) in [5.74, 6) is -0.917. The van der Waals surface area contributed by atoms with Crippen molar-refractivity contribution in [3.05, 3.63) is 63.5 Å². The van der Waals surface area contributed by atoms with Gasteiger partial charge in [-0.25, -0.2) is 4.39 Å². The predicted molar refractivity (Wildman–Crippen MR) is 105 cm³/mol. The highest BCUT2D eigenvalue weighted by Gasteiger charge is 2.53. The van der Waals surface area contributed by atoms with Gasteiger partial charge in [0.05, 0.1) is 17.6 Å². The van der Waals surface area contributed by atoms with Gasteiger partial charge in [-0.05, 0) is 45.4 Å². The number of hydrogen-bond donors (Lipinski definition) is 1. The highest BCUT2D eigenvalue weighted by Crippen LogP contribution is 2.42. The van der Waals surface area contributed by atoms with Gasteiger partial charge in [-0.15, -0.1) is 11.3 Å². The molecule has 1 N–H and O–H groups in total. The SMILES string of the molecule is CC1(C)OB(C(F)=C(c2ccccc2)c2ccc(CC(=O)O)s2)OC1(C)C. The van der Waals surface area contributed by atoms with Crippen LogP contribution in [0.15, 0.2) is 48.2 Å². The van der Waals surface area contributed by atoms with E-state index < -0.39 is 30.0 Å². The number of benzene rings is 1. The van der Waals surface area contributed by atoms with Gasteiger partial charge in [0.25, 0.3) is 0 Å². The molecule has 1 fully saturated rings. The van der Waals surface area contributed by atoms with E-state index >= 15 is 4.39 Å². The monoisotopic (exact) mass is 388 g/mol. The van der Waals surface area contributed by atoms with Gasteiger partial charge in [-0.2, -0.15) is 0 Å². The summed E-state index contributed by atoms with van der Waals surface area (Å²) >= 11 is 1.26. The third-order valence-corrected chi connectivity index (χ3v) is 6.10. The topological polar surface area (TPSA) is 55.8 Å². The number of rotatable bonds is 5. The van der Waals surface area contributed by atoms with Crippen molar-refractivity contribution in [1.82, 2.24) is 0 Å². The Morgan fingerprint density at radius 3 is 2.22 bits per heavy atom. The number of carboxylic acids is 1. The smallest absolute Gasteiger partial charge is 0.481 e. The molecule has 27 heavy (non-hydrogen) atoms. The minimum absolute atomic E-state index is 0.0924. The molecule has 7 heteroatoms. The summed E-state index contributed by atoms with van der Waals surface area (Å²) in [6.07, 6.45) is -0.0924. The van der Waals surface area contributed by atoms with Crippen molar-refractivity contribution >= 4 is 30.0 Å². The molecular weight excluding hydrogens is 366 g/mol. The second-order valence-corrected chi connectivity index (χ2v) is 8.68. The van der Waals surface area contributed by atoms with Crippen molar-refractivity contribution < 1.29 is 23.6 Å². The molecule has 4 nitrogen and oxygen atoms in total. The summed E-state index contributed by atoms with van der Waals surface area (Å²) in [5, 5.41) is 9.01. The van der Waals surface area contributed by atoms with Gasteiger partial charge < -0.3 is 14.4 Å². The molecule has 0 radical (unpaired) electrons. The van der Waals surface area contributed by atoms with Crippen LogP contribution in [0.4, 0.5) is 4.39 Å². The molecule has 1 aliphatic heterocycles. The Morgan fingerprint density at radius 2 is 1.67 bits per heavy atom. The van der Waals surface area contributed by atoms with Crippen LogP contribution in [-0.2, 0) is 20.5 Å². The Hall–Kier alpha value is -1.96. The first-order chi connectivity index (χ1) is 12.6. The zero-order valence-corrected chi connectivity index (χ0v) is 16.6. The Morgan fingerprint density at radius 1 is 1.07 bits per heavy atom. The summed E-state index contributed by atoms with van der Waals surface area (Å²) in [7, 11) is -1.12. The summed E-state index contributed by atoms with van der Waals surface area (Å²) in [5.41, 5.74) is -0.755. The highest BCUT2D eigenvalue weighted by molar-refractivity contribution is 7.13. The molecule has 0 spiro atoms. The van der Waals surface area contributed by atoms with E-state index in [-0.39, 0.29) is 6.42 Å². The van der Waals surface area contributed by atoms with Gasteiger partial charge in [-0.3, -0.25) is 4.79 Å². The fourth-order valence-electron chi connectivity index (χ4n) is 2.82. The van der Waals surface area contributed by atoms with E-state index in [9.17, 15) is 4.79 Å². The van der Waals surface area contributed by atoms with E-state index in [0.29, 0.717) is 20.9 Å².